The third-order valence-electron chi connectivity index (χ3n) is 1.74. The zero-order chi connectivity index (χ0) is 9.40. The molecular weight excluding hydrogens is 156 g/mol. The fourth-order valence-electron chi connectivity index (χ4n) is 1.20. The molecule has 0 spiro atoms. The van der Waals surface area contributed by atoms with Crippen LogP contribution in [0.15, 0.2) is 0 Å². The second-order valence-electron chi connectivity index (χ2n) is 2.90. The predicted molar refractivity (Wildman–Crippen MR) is 42.6 cm³/mol. The summed E-state index contributed by atoms with van der Waals surface area (Å²) in [6, 6.07) is 0.267. The number of carboxylic acid groups (broad SMARTS) is 1. The van der Waals surface area contributed by atoms with E-state index in [9.17, 15) is 0 Å². The van der Waals surface area contributed by atoms with Gasteiger partial charge in [-0.15, -0.1) is 0 Å². The molecule has 1 saturated carbocycles. The van der Waals surface area contributed by atoms with E-state index in [1.807, 2.05) is 0 Å². The molecule has 0 atom stereocenters. The Kier molecular flexibility index (Phi) is 5.98. The van der Waals surface area contributed by atoms with Gasteiger partial charge in [0.25, 0.3) is 0 Å². The lowest BCUT2D eigenvalue weighted by Crippen LogP contribution is -2.16. The first-order valence-corrected chi connectivity index (χ1v) is 4.18. The topological polar surface area (TPSA) is 68.3 Å². The van der Waals surface area contributed by atoms with Gasteiger partial charge in [-0.3, -0.25) is 0 Å². The third kappa shape index (κ3) is 7.00. The summed E-state index contributed by atoms with van der Waals surface area (Å²) in [4.78, 5) is 12.1. The van der Waals surface area contributed by atoms with Crippen LogP contribution < -0.4 is 5.11 Å². The van der Waals surface area contributed by atoms with E-state index in [0.717, 1.165) is 19.8 Å². The van der Waals surface area contributed by atoms with Gasteiger partial charge in [-0.25, -0.2) is 0 Å². The van der Waals surface area contributed by atoms with Crippen molar-refractivity contribution < 1.29 is 9.90 Å². The quantitative estimate of drug-likeness (QED) is 0.508. The van der Waals surface area contributed by atoms with Crippen molar-refractivity contribution in [1.82, 2.24) is 0 Å². The van der Waals surface area contributed by atoms with Crippen molar-refractivity contribution in [2.24, 2.45) is 0 Å². The normalized spacial score (nSPS) is 17.0. The van der Waals surface area contributed by atoms with E-state index in [0.29, 0.717) is 0 Å². The highest BCUT2D eigenvalue weighted by atomic mass is 16.4. The number of nitrogens with zero attached hydrogens (tertiary/aromatic N) is 2. The van der Waals surface area contributed by atoms with E-state index in [2.05, 4.69) is 4.98 Å². The first-order valence-electron chi connectivity index (χ1n) is 4.18. The van der Waals surface area contributed by atoms with Crippen molar-refractivity contribution in [2.75, 3.05) is 0 Å². The summed E-state index contributed by atoms with van der Waals surface area (Å²) in [6.07, 6.45) is 6.00. The van der Waals surface area contributed by atoms with Gasteiger partial charge in [0, 0.05) is 18.8 Å². The second kappa shape index (κ2) is 6.59. The molecule has 0 saturated heterocycles. The Balaban J connectivity index is 0.000000261. The summed E-state index contributed by atoms with van der Waals surface area (Å²) in [5.74, 6) is -1.08. The maximum absolute atomic E-state index is 8.89. The molecule has 1 aliphatic rings. The van der Waals surface area contributed by atoms with Crippen LogP contribution in [-0.2, 0) is 4.79 Å². The van der Waals surface area contributed by atoms with Crippen LogP contribution in [0.1, 0.15) is 39.0 Å². The van der Waals surface area contributed by atoms with Crippen LogP contribution in [0.5, 0.6) is 0 Å². The van der Waals surface area contributed by atoms with Crippen LogP contribution in [-0.4, -0.2) is 12.0 Å². The summed E-state index contributed by atoms with van der Waals surface area (Å²) in [6.45, 7) is 0.972. The maximum Gasteiger partial charge on any atom is 0.314 e. The van der Waals surface area contributed by atoms with Gasteiger partial charge >= 0.3 is 6.04 Å². The Hall–Kier alpha value is -1.11. The third-order valence-corrected chi connectivity index (χ3v) is 1.74. The SMILES string of the molecule is CC(=O)[O-].N#[N+]C1CCCCC1. The molecule has 68 valence electrons. The number of hydrogen-bond donors (Lipinski definition) is 0. The summed E-state index contributed by atoms with van der Waals surface area (Å²) >= 11 is 0. The Bertz CT molecular complexity index is 164. The van der Waals surface area contributed by atoms with Gasteiger partial charge in [0.15, 0.2) is 0 Å². The summed E-state index contributed by atoms with van der Waals surface area (Å²) in [5, 5.41) is 17.2. The van der Waals surface area contributed by atoms with Crippen molar-refractivity contribution in [3.63, 3.8) is 0 Å². The monoisotopic (exact) mass is 170 g/mol. The van der Waals surface area contributed by atoms with Crippen molar-refractivity contribution in [3.05, 3.63) is 4.98 Å². The second-order valence-corrected chi connectivity index (χ2v) is 2.90. The van der Waals surface area contributed by atoms with Crippen LogP contribution in [0, 0.1) is 5.39 Å². The molecule has 0 unspecified atom stereocenters. The minimum absolute atomic E-state index is 0.267. The van der Waals surface area contributed by atoms with E-state index in [1.165, 1.54) is 19.3 Å². The molecular formula is C8H14N2O2. The van der Waals surface area contributed by atoms with Gasteiger partial charge in [0.1, 0.15) is 4.98 Å². The molecule has 4 heteroatoms. The zero-order valence-electron chi connectivity index (χ0n) is 7.32. The molecule has 0 heterocycles. The average molecular weight is 170 g/mol. The standard InChI is InChI=1S/C6H11N2.C2H4O2/c7-8-6-4-2-1-3-5-6;1-2(3)4/h6H,1-5H2;1H3,(H,3,4)/q+1;/p-1. The van der Waals surface area contributed by atoms with Crippen LogP contribution in [0.3, 0.4) is 0 Å². The van der Waals surface area contributed by atoms with Crippen LogP contribution in [0.2, 0.25) is 0 Å². The highest BCUT2D eigenvalue weighted by molar-refractivity contribution is 5.60. The van der Waals surface area contributed by atoms with Gasteiger partial charge in [-0.1, -0.05) is 6.42 Å². The molecule has 4 nitrogen and oxygen atoms in total. The fraction of sp³-hybridized carbons (Fsp3) is 0.875. The molecule has 0 amide bonds. The van der Waals surface area contributed by atoms with E-state index in [4.69, 9.17) is 15.3 Å². The van der Waals surface area contributed by atoms with Gasteiger partial charge in [0.2, 0.25) is 5.39 Å². The Morgan fingerprint density at radius 2 is 1.83 bits per heavy atom. The van der Waals surface area contributed by atoms with E-state index < -0.39 is 5.97 Å². The van der Waals surface area contributed by atoms with Crippen molar-refractivity contribution in [1.29, 1.82) is 5.39 Å². The number of aliphatic carboxylic acids is 1. The molecule has 0 aromatic rings. The molecule has 0 aliphatic heterocycles. The number of carbonyl (C=O) groups is 1. The largest absolute Gasteiger partial charge is 0.550 e. The minimum atomic E-state index is -1.08. The Morgan fingerprint density at radius 1 is 1.42 bits per heavy atom. The number of hydrogen-bond acceptors (Lipinski definition) is 3. The van der Waals surface area contributed by atoms with Gasteiger partial charge in [-0.2, -0.15) is 0 Å². The molecule has 0 radical (unpaired) electrons. The molecule has 12 heavy (non-hydrogen) atoms. The van der Waals surface area contributed by atoms with Gasteiger partial charge < -0.3 is 9.90 Å². The highest BCUT2D eigenvalue weighted by Gasteiger charge is 2.21. The average Bonchev–Trinajstić information content (AvgIpc) is 2.05. The molecule has 0 bridgehead atoms. The van der Waals surface area contributed by atoms with E-state index >= 15 is 0 Å². The molecule has 0 aromatic carbocycles. The Morgan fingerprint density at radius 3 is 2.08 bits per heavy atom. The first kappa shape index (κ1) is 10.9. The van der Waals surface area contributed by atoms with E-state index in [1.54, 1.807) is 0 Å². The smallest absolute Gasteiger partial charge is 0.314 e. The maximum atomic E-state index is 8.89. The first-order chi connectivity index (χ1) is 5.66. The van der Waals surface area contributed by atoms with Crippen LogP contribution in [0.4, 0.5) is 0 Å². The molecule has 1 fully saturated rings. The number of rotatable bonds is 0. The number of carbonyl (C=O) groups excluding carboxylic acids is 1. The van der Waals surface area contributed by atoms with Gasteiger partial charge in [0.05, 0.1) is 0 Å². The lowest BCUT2D eigenvalue weighted by Gasteiger charge is -2.04. The lowest BCUT2D eigenvalue weighted by atomic mass is 9.96. The Labute approximate surface area is 72.2 Å². The zero-order valence-corrected chi connectivity index (χ0v) is 7.32. The van der Waals surface area contributed by atoms with E-state index in [-0.39, 0.29) is 6.04 Å². The molecule has 0 aromatic heterocycles. The fourth-order valence-corrected chi connectivity index (χ4v) is 1.20. The molecule has 1 aliphatic carbocycles. The lowest BCUT2D eigenvalue weighted by molar-refractivity contribution is -0.302. The minimum Gasteiger partial charge on any atom is -0.550 e. The number of diazo groups is 1. The summed E-state index contributed by atoms with van der Waals surface area (Å²) in [5.41, 5.74) is 0. The van der Waals surface area contributed by atoms with Crippen molar-refractivity contribution in [3.8, 4) is 0 Å². The summed E-state index contributed by atoms with van der Waals surface area (Å²) in [7, 11) is 0. The van der Waals surface area contributed by atoms with Crippen molar-refractivity contribution in [2.45, 2.75) is 45.1 Å². The molecule has 0 N–H and O–H groups in total. The number of carboxylic acids is 1. The van der Waals surface area contributed by atoms with Crippen LogP contribution >= 0.6 is 0 Å². The highest BCUT2D eigenvalue weighted by Crippen LogP contribution is 2.19. The molecule has 1 rings (SSSR count). The summed E-state index contributed by atoms with van der Waals surface area (Å²) < 4.78 is 0. The van der Waals surface area contributed by atoms with Crippen LogP contribution in [0.25, 0.3) is 4.98 Å². The van der Waals surface area contributed by atoms with Crippen molar-refractivity contribution >= 4 is 5.97 Å². The predicted octanol–water partition coefficient (Wildman–Crippen LogP) is 0.928. The van der Waals surface area contributed by atoms with Gasteiger partial charge in [-0.05, 0) is 19.8 Å².